The first kappa shape index (κ1) is 31.8. The lowest BCUT2D eigenvalue weighted by Gasteiger charge is -2.54. The van der Waals surface area contributed by atoms with E-state index in [0.717, 1.165) is 55.0 Å². The number of hydrogen-bond donors (Lipinski definition) is 0. The number of carbonyl (C=O) groups is 1. The Bertz CT molecular complexity index is 1590. The maximum atomic E-state index is 13.6. The average Bonchev–Trinajstić information content (AvgIpc) is 3.23. The van der Waals surface area contributed by atoms with Gasteiger partial charge in [-0.25, -0.2) is 4.68 Å². The van der Waals surface area contributed by atoms with Gasteiger partial charge < -0.3 is 9.80 Å². The molecule has 0 radical (unpaired) electrons. The van der Waals surface area contributed by atoms with E-state index in [-0.39, 0.29) is 17.0 Å². The molecule has 0 unspecified atom stereocenters. The first-order chi connectivity index (χ1) is 21.2. The van der Waals surface area contributed by atoms with Crippen molar-refractivity contribution < 1.29 is 4.79 Å². The fourth-order valence-corrected chi connectivity index (χ4v) is 7.02. The summed E-state index contributed by atoms with van der Waals surface area (Å²) in [5.74, 6) is 0.219. The molecule has 7 nitrogen and oxygen atoms in total. The zero-order chi connectivity index (χ0) is 31.3. The van der Waals surface area contributed by atoms with Crippen molar-refractivity contribution in [2.45, 2.75) is 65.1 Å². The fraction of sp³-hybridized carbons (Fsp3) is 0.389. The summed E-state index contributed by atoms with van der Waals surface area (Å²) >= 11 is 3.62. The first-order valence-corrected chi connectivity index (χ1v) is 16.3. The second-order valence-corrected chi connectivity index (χ2v) is 12.9. The normalized spacial score (nSPS) is 17.9. The van der Waals surface area contributed by atoms with Gasteiger partial charge in [0.2, 0.25) is 5.91 Å². The van der Waals surface area contributed by atoms with Gasteiger partial charge in [0.15, 0.2) is 0 Å². The summed E-state index contributed by atoms with van der Waals surface area (Å²) in [6.45, 7) is 9.62. The monoisotopic (exact) mass is 657 g/mol. The molecule has 3 heterocycles. The molecule has 3 aromatic rings. The van der Waals surface area contributed by atoms with Gasteiger partial charge in [0, 0.05) is 44.6 Å². The van der Waals surface area contributed by atoms with E-state index in [1.54, 1.807) is 4.68 Å². The van der Waals surface area contributed by atoms with Crippen LogP contribution in [0.3, 0.4) is 0 Å². The zero-order valence-electron chi connectivity index (χ0n) is 26.4. The molecule has 1 spiro atoms. The summed E-state index contributed by atoms with van der Waals surface area (Å²) in [6, 6.07) is 19.0. The number of hydrogen-bond acceptors (Lipinski definition) is 4. The van der Waals surface area contributed by atoms with Crippen LogP contribution in [0.1, 0.15) is 56.4 Å². The molecule has 0 bridgehead atoms. The summed E-state index contributed by atoms with van der Waals surface area (Å²) in [4.78, 5) is 33.8. The molecule has 5 rings (SSSR count). The van der Waals surface area contributed by atoms with E-state index in [2.05, 4.69) is 93.3 Å². The quantitative estimate of drug-likeness (QED) is 0.236. The first-order valence-electron chi connectivity index (χ1n) is 15.5. The molecule has 0 N–H and O–H groups in total. The number of aromatic nitrogens is 2. The van der Waals surface area contributed by atoms with E-state index < -0.39 is 0 Å². The summed E-state index contributed by atoms with van der Waals surface area (Å²) in [5.41, 5.74) is 5.14. The molecule has 0 aliphatic carbocycles. The second kappa shape index (κ2) is 14.0. The number of carbonyl (C=O) groups excluding carboxylic acids is 1. The highest BCUT2D eigenvalue weighted by Crippen LogP contribution is 2.40. The van der Waals surface area contributed by atoms with Crippen molar-refractivity contribution in [2.24, 2.45) is 7.05 Å². The molecule has 1 amide bonds. The van der Waals surface area contributed by atoms with Gasteiger partial charge in [0.1, 0.15) is 4.47 Å². The van der Waals surface area contributed by atoms with Crippen molar-refractivity contribution in [1.82, 2.24) is 19.2 Å². The molecule has 232 valence electrons. The predicted molar refractivity (Wildman–Crippen MR) is 183 cm³/mol. The Kier molecular flexibility index (Phi) is 10.1. The Hall–Kier alpha value is -3.62. The molecular weight excluding hydrogens is 614 g/mol. The minimum atomic E-state index is -0.229. The smallest absolute Gasteiger partial charge is 0.285 e. The highest BCUT2D eigenvalue weighted by atomic mass is 79.9. The third-order valence-corrected chi connectivity index (χ3v) is 9.88. The van der Waals surface area contributed by atoms with Gasteiger partial charge in [-0.15, -0.1) is 0 Å². The molecule has 0 atom stereocenters. The Morgan fingerprint density at radius 2 is 1.68 bits per heavy atom. The number of anilines is 1. The van der Waals surface area contributed by atoms with Crippen molar-refractivity contribution in [3.8, 4) is 0 Å². The highest BCUT2D eigenvalue weighted by Gasteiger charge is 2.46. The molecule has 0 saturated carbocycles. The third kappa shape index (κ3) is 6.87. The Labute approximate surface area is 269 Å². The molecule has 2 saturated heterocycles. The van der Waals surface area contributed by atoms with Crippen LogP contribution in [0.4, 0.5) is 5.69 Å². The number of aryl methyl sites for hydroxylation is 1. The average molecular weight is 659 g/mol. The number of amides is 1. The SMILES string of the molecule is C/C=C\C=CC/C=C(\C)n1c(=O)c(Br)c(CN2CCC3(CC2)CC(=O)N(Cc2ccc(C)cc2)CN3c2ccccc2)n1C. The van der Waals surface area contributed by atoms with E-state index in [0.29, 0.717) is 30.7 Å². The van der Waals surface area contributed by atoms with E-state index >= 15 is 0 Å². The second-order valence-electron chi connectivity index (χ2n) is 12.1. The van der Waals surface area contributed by atoms with Gasteiger partial charge in [-0.3, -0.25) is 19.2 Å². The molecule has 2 fully saturated rings. The van der Waals surface area contributed by atoms with Gasteiger partial charge in [-0.2, -0.15) is 0 Å². The van der Waals surface area contributed by atoms with E-state index in [1.165, 1.54) is 5.56 Å². The molecule has 2 aliphatic heterocycles. The minimum absolute atomic E-state index is 0.0380. The fourth-order valence-electron chi connectivity index (χ4n) is 6.47. The van der Waals surface area contributed by atoms with Crippen LogP contribution in [0.5, 0.6) is 0 Å². The van der Waals surface area contributed by atoms with Crippen LogP contribution in [0.25, 0.3) is 5.70 Å². The maximum absolute atomic E-state index is 13.6. The number of nitrogens with zero attached hydrogens (tertiary/aromatic N) is 5. The number of para-hydroxylation sites is 1. The molecule has 8 heteroatoms. The van der Waals surface area contributed by atoms with Crippen LogP contribution in [-0.4, -0.2) is 50.4 Å². The van der Waals surface area contributed by atoms with Gasteiger partial charge in [0.05, 0.1) is 24.3 Å². The van der Waals surface area contributed by atoms with Crippen LogP contribution >= 0.6 is 15.9 Å². The van der Waals surface area contributed by atoms with Gasteiger partial charge in [0.25, 0.3) is 5.56 Å². The zero-order valence-corrected chi connectivity index (χ0v) is 28.0. The number of likely N-dealkylation sites (tertiary alicyclic amines) is 1. The number of benzene rings is 2. The molecule has 1 aromatic heterocycles. The van der Waals surface area contributed by atoms with Crippen molar-refractivity contribution in [1.29, 1.82) is 0 Å². The lowest BCUT2D eigenvalue weighted by atomic mass is 9.80. The van der Waals surface area contributed by atoms with Crippen LogP contribution in [-0.2, 0) is 24.9 Å². The Balaban J connectivity index is 1.31. The van der Waals surface area contributed by atoms with Crippen molar-refractivity contribution in [3.63, 3.8) is 0 Å². The number of rotatable bonds is 9. The van der Waals surface area contributed by atoms with Crippen LogP contribution in [0.2, 0.25) is 0 Å². The topological polar surface area (TPSA) is 53.7 Å². The minimum Gasteiger partial charge on any atom is -0.347 e. The van der Waals surface area contributed by atoms with Gasteiger partial charge >= 0.3 is 0 Å². The number of allylic oxidation sites excluding steroid dienone is 6. The Morgan fingerprint density at radius 1 is 0.977 bits per heavy atom. The standard InChI is InChI=1S/C36H44BrN5O2/c1-5-6-7-8-10-13-29(3)42-35(44)34(37)32(38(42)4)26-39-22-20-36(21-23-39)24-33(43)40(25-30-18-16-28(2)17-19-30)27-41(36)31-14-11-9-12-15-31/h5-9,11-19H,10,20-27H2,1-4H3/b6-5-,8-7?,29-13+. The predicted octanol–water partition coefficient (Wildman–Crippen LogP) is 6.87. The Morgan fingerprint density at radius 3 is 2.36 bits per heavy atom. The molecule has 2 aliphatic rings. The third-order valence-electron chi connectivity index (χ3n) is 9.09. The van der Waals surface area contributed by atoms with E-state index in [9.17, 15) is 9.59 Å². The molecular formula is C36H44BrN5O2. The summed E-state index contributed by atoms with van der Waals surface area (Å²) < 4.78 is 4.33. The number of halogens is 1. The van der Waals surface area contributed by atoms with Crippen molar-refractivity contribution >= 4 is 33.2 Å². The van der Waals surface area contributed by atoms with E-state index in [1.807, 2.05) is 54.8 Å². The van der Waals surface area contributed by atoms with Crippen LogP contribution < -0.4 is 10.5 Å². The largest absolute Gasteiger partial charge is 0.347 e. The van der Waals surface area contributed by atoms with E-state index in [4.69, 9.17) is 0 Å². The van der Waals surface area contributed by atoms with Gasteiger partial charge in [-0.1, -0.05) is 78.4 Å². The highest BCUT2D eigenvalue weighted by molar-refractivity contribution is 9.10. The molecule has 2 aromatic carbocycles. The lowest BCUT2D eigenvalue weighted by Crippen LogP contribution is -2.64. The summed E-state index contributed by atoms with van der Waals surface area (Å²) in [5, 5.41) is 0. The van der Waals surface area contributed by atoms with Crippen molar-refractivity contribution in [2.75, 3.05) is 24.7 Å². The van der Waals surface area contributed by atoms with Crippen molar-refractivity contribution in [3.05, 3.63) is 117 Å². The maximum Gasteiger partial charge on any atom is 0.285 e. The van der Waals surface area contributed by atoms with Gasteiger partial charge in [-0.05, 0) is 73.7 Å². The molecule has 44 heavy (non-hydrogen) atoms. The van der Waals surface area contributed by atoms with Crippen LogP contribution in [0, 0.1) is 6.92 Å². The summed E-state index contributed by atoms with van der Waals surface area (Å²) in [7, 11) is 1.96. The summed E-state index contributed by atoms with van der Waals surface area (Å²) in [6.07, 6.45) is 13.2. The van der Waals surface area contributed by atoms with Crippen LogP contribution in [0.15, 0.2) is 94.2 Å². The number of piperidine rings is 1. The lowest BCUT2D eigenvalue weighted by molar-refractivity contribution is -0.137.